The van der Waals surface area contributed by atoms with Crippen LogP contribution in [0.4, 0.5) is 0 Å². The van der Waals surface area contributed by atoms with Gasteiger partial charge in [0.05, 0.1) is 0 Å². The zero-order valence-electron chi connectivity index (χ0n) is 8.59. The Bertz CT molecular complexity index is 367. The smallest absolute Gasteiger partial charge is 0.326 e. The number of benzene rings is 1. The minimum Gasteiger partial charge on any atom is -0.480 e. The summed E-state index contributed by atoms with van der Waals surface area (Å²) in [5.74, 6) is -1.01. The van der Waals surface area contributed by atoms with Crippen molar-refractivity contribution in [2.45, 2.75) is 12.5 Å². The van der Waals surface area contributed by atoms with Crippen LogP contribution >= 0.6 is 12.6 Å². The first-order valence-electron chi connectivity index (χ1n) is 4.84. The van der Waals surface area contributed by atoms with Crippen LogP contribution in [0.3, 0.4) is 0 Å². The van der Waals surface area contributed by atoms with Crippen LogP contribution in [-0.4, -0.2) is 28.8 Å². The van der Waals surface area contributed by atoms with Gasteiger partial charge in [-0.2, -0.15) is 12.6 Å². The molecule has 1 unspecified atom stereocenters. The number of carbonyl (C=O) groups is 2. The van der Waals surface area contributed by atoms with Crippen LogP contribution in [0, 0.1) is 0 Å². The number of carboxylic acids is 1. The third-order valence-corrected chi connectivity index (χ3v) is 2.32. The average molecular weight is 239 g/mol. The maximum absolute atomic E-state index is 11.6. The lowest BCUT2D eigenvalue weighted by Crippen LogP contribution is -2.41. The van der Waals surface area contributed by atoms with Gasteiger partial charge in [-0.25, -0.2) is 4.79 Å². The summed E-state index contributed by atoms with van der Waals surface area (Å²) < 4.78 is 0. The Hall–Kier alpha value is -1.49. The lowest BCUT2D eigenvalue weighted by Gasteiger charge is -2.13. The van der Waals surface area contributed by atoms with Gasteiger partial charge >= 0.3 is 5.97 Å². The average Bonchev–Trinajstić information content (AvgIpc) is 2.29. The van der Waals surface area contributed by atoms with Crippen LogP contribution in [0.15, 0.2) is 30.3 Å². The summed E-state index contributed by atoms with van der Waals surface area (Å²) in [6, 6.07) is 7.63. The molecule has 2 N–H and O–H groups in total. The van der Waals surface area contributed by atoms with E-state index >= 15 is 0 Å². The highest BCUT2D eigenvalue weighted by atomic mass is 32.1. The first-order valence-corrected chi connectivity index (χ1v) is 5.48. The normalized spacial score (nSPS) is 11.8. The van der Waals surface area contributed by atoms with Crippen molar-refractivity contribution >= 4 is 24.5 Å². The second-order valence-corrected chi connectivity index (χ2v) is 3.69. The van der Waals surface area contributed by atoms with Crippen molar-refractivity contribution in [1.29, 1.82) is 0 Å². The predicted octanol–water partition coefficient (Wildman–Crippen LogP) is 1.19. The van der Waals surface area contributed by atoms with E-state index in [-0.39, 0.29) is 5.91 Å². The quantitative estimate of drug-likeness (QED) is 0.676. The van der Waals surface area contributed by atoms with Crippen molar-refractivity contribution in [3.63, 3.8) is 0 Å². The second kappa shape index (κ2) is 6.17. The molecule has 5 heteroatoms. The number of amides is 1. The van der Waals surface area contributed by atoms with E-state index in [1.165, 1.54) is 0 Å². The van der Waals surface area contributed by atoms with Crippen molar-refractivity contribution in [3.05, 3.63) is 35.9 Å². The summed E-state index contributed by atoms with van der Waals surface area (Å²) in [6.07, 6.45) is 0.303. The maximum atomic E-state index is 11.6. The van der Waals surface area contributed by atoms with Crippen molar-refractivity contribution < 1.29 is 14.7 Å². The molecular weight excluding hydrogens is 226 g/mol. The lowest BCUT2D eigenvalue weighted by atomic mass is 10.1. The van der Waals surface area contributed by atoms with Gasteiger partial charge in [0.2, 0.25) is 0 Å². The highest BCUT2D eigenvalue weighted by Gasteiger charge is 2.19. The fourth-order valence-corrected chi connectivity index (χ4v) is 1.48. The predicted molar refractivity (Wildman–Crippen MR) is 63.8 cm³/mol. The molecule has 1 aromatic rings. The first kappa shape index (κ1) is 12.6. The van der Waals surface area contributed by atoms with Gasteiger partial charge in [0.1, 0.15) is 6.04 Å². The van der Waals surface area contributed by atoms with E-state index in [4.69, 9.17) is 5.11 Å². The van der Waals surface area contributed by atoms with Gasteiger partial charge in [0, 0.05) is 5.56 Å². The van der Waals surface area contributed by atoms with E-state index in [0.717, 1.165) is 0 Å². The third-order valence-electron chi connectivity index (χ3n) is 2.06. The molecule has 16 heavy (non-hydrogen) atoms. The second-order valence-electron chi connectivity index (χ2n) is 3.24. The molecule has 0 heterocycles. The fraction of sp³-hybridized carbons (Fsp3) is 0.273. The van der Waals surface area contributed by atoms with Gasteiger partial charge in [-0.15, -0.1) is 0 Å². The van der Waals surface area contributed by atoms with Crippen molar-refractivity contribution in [2.24, 2.45) is 0 Å². The Morgan fingerprint density at radius 1 is 1.31 bits per heavy atom. The van der Waals surface area contributed by atoms with Crippen molar-refractivity contribution in [1.82, 2.24) is 5.32 Å². The molecule has 0 aliphatic carbocycles. The number of hydrogen-bond acceptors (Lipinski definition) is 3. The molecule has 0 bridgehead atoms. The Morgan fingerprint density at radius 2 is 1.94 bits per heavy atom. The van der Waals surface area contributed by atoms with E-state index in [0.29, 0.717) is 17.7 Å². The molecule has 4 nitrogen and oxygen atoms in total. The number of carboxylic acid groups (broad SMARTS) is 1. The molecule has 1 rings (SSSR count). The summed E-state index contributed by atoms with van der Waals surface area (Å²) in [5, 5.41) is 11.3. The Morgan fingerprint density at radius 3 is 2.44 bits per heavy atom. The van der Waals surface area contributed by atoms with Crippen molar-refractivity contribution in [3.8, 4) is 0 Å². The molecule has 0 aliphatic heterocycles. The van der Waals surface area contributed by atoms with Crippen LogP contribution < -0.4 is 5.32 Å². The van der Waals surface area contributed by atoms with Gasteiger partial charge < -0.3 is 10.4 Å². The molecule has 0 aliphatic rings. The standard InChI is InChI=1S/C11H13NO3S/c13-10(8-4-2-1-3-5-8)12-9(6-7-16)11(14)15/h1-5,9,16H,6-7H2,(H,12,13)(H,14,15). The van der Waals surface area contributed by atoms with Crippen LogP contribution in [0.5, 0.6) is 0 Å². The van der Waals surface area contributed by atoms with Gasteiger partial charge in [-0.3, -0.25) is 4.79 Å². The molecule has 86 valence electrons. The number of carbonyl (C=O) groups excluding carboxylic acids is 1. The summed E-state index contributed by atoms with van der Waals surface area (Å²) in [6.45, 7) is 0. The Labute approximate surface area is 99.1 Å². The molecule has 1 amide bonds. The summed E-state index contributed by atoms with van der Waals surface area (Å²) in [7, 11) is 0. The molecule has 1 atom stereocenters. The van der Waals surface area contributed by atoms with Crippen molar-refractivity contribution in [2.75, 3.05) is 5.75 Å². The molecule has 1 aromatic carbocycles. The number of thiol groups is 1. The fourth-order valence-electron chi connectivity index (χ4n) is 1.22. The summed E-state index contributed by atoms with van der Waals surface area (Å²) in [5.41, 5.74) is 0.452. The van der Waals surface area contributed by atoms with Gasteiger partial charge in [0.25, 0.3) is 5.91 Å². The highest BCUT2D eigenvalue weighted by molar-refractivity contribution is 7.80. The molecule has 0 fully saturated rings. The van der Waals surface area contributed by atoms with Gasteiger partial charge in [-0.05, 0) is 24.3 Å². The number of nitrogens with one attached hydrogen (secondary N) is 1. The minimum atomic E-state index is -1.04. The number of aliphatic carboxylic acids is 1. The Kier molecular flexibility index (Phi) is 4.85. The molecule has 0 aromatic heterocycles. The van der Waals surface area contributed by atoms with E-state index in [2.05, 4.69) is 17.9 Å². The van der Waals surface area contributed by atoms with Gasteiger partial charge in [-0.1, -0.05) is 18.2 Å². The number of hydrogen-bond donors (Lipinski definition) is 3. The Balaban J connectivity index is 2.65. The van der Waals surface area contributed by atoms with E-state index in [1.54, 1.807) is 30.3 Å². The molecular formula is C11H13NO3S. The summed E-state index contributed by atoms with van der Waals surface area (Å²) >= 11 is 3.95. The zero-order chi connectivity index (χ0) is 12.0. The van der Waals surface area contributed by atoms with Crippen LogP contribution in [-0.2, 0) is 4.79 Å². The SMILES string of the molecule is O=C(NC(CCS)C(=O)O)c1ccccc1. The van der Waals surface area contributed by atoms with Crippen LogP contribution in [0.2, 0.25) is 0 Å². The minimum absolute atomic E-state index is 0.303. The van der Waals surface area contributed by atoms with Gasteiger partial charge in [0.15, 0.2) is 0 Å². The molecule has 0 spiro atoms. The largest absolute Gasteiger partial charge is 0.480 e. The molecule has 0 radical (unpaired) electrons. The van der Waals surface area contributed by atoms with E-state index < -0.39 is 12.0 Å². The lowest BCUT2D eigenvalue weighted by molar-refractivity contribution is -0.139. The maximum Gasteiger partial charge on any atom is 0.326 e. The topological polar surface area (TPSA) is 66.4 Å². The van der Waals surface area contributed by atoms with Crippen LogP contribution in [0.1, 0.15) is 16.8 Å². The zero-order valence-corrected chi connectivity index (χ0v) is 9.48. The number of rotatable bonds is 5. The summed E-state index contributed by atoms with van der Waals surface area (Å²) in [4.78, 5) is 22.4. The monoisotopic (exact) mass is 239 g/mol. The van der Waals surface area contributed by atoms with Crippen LogP contribution in [0.25, 0.3) is 0 Å². The van der Waals surface area contributed by atoms with E-state index in [9.17, 15) is 9.59 Å². The highest BCUT2D eigenvalue weighted by Crippen LogP contribution is 2.01. The third kappa shape index (κ3) is 3.58. The first-order chi connectivity index (χ1) is 7.65. The van der Waals surface area contributed by atoms with E-state index in [1.807, 2.05) is 0 Å². The molecule has 0 saturated carbocycles. The molecule has 0 saturated heterocycles.